The van der Waals surface area contributed by atoms with E-state index in [0.29, 0.717) is 17.8 Å². The molecule has 30 heavy (non-hydrogen) atoms. The predicted molar refractivity (Wildman–Crippen MR) is 111 cm³/mol. The first-order valence-electron chi connectivity index (χ1n) is 9.39. The first kappa shape index (κ1) is 18.6. The number of aromatic nitrogens is 5. The van der Waals surface area contributed by atoms with Gasteiger partial charge in [0.1, 0.15) is 0 Å². The van der Waals surface area contributed by atoms with Gasteiger partial charge < -0.3 is 4.90 Å². The molecular formula is C21H16ClFN6O. The average molecular weight is 423 g/mol. The van der Waals surface area contributed by atoms with Gasteiger partial charge in [-0.15, -0.1) is 5.10 Å². The van der Waals surface area contributed by atoms with Crippen LogP contribution in [0.4, 0.5) is 10.2 Å². The Morgan fingerprint density at radius 3 is 2.73 bits per heavy atom. The smallest absolute Gasteiger partial charge is 0.274 e. The van der Waals surface area contributed by atoms with Crippen LogP contribution in [0.3, 0.4) is 0 Å². The van der Waals surface area contributed by atoms with E-state index in [4.69, 9.17) is 11.6 Å². The standard InChI is InChI=1S/C21H16ClFN6O/c1-12-6-18-24-4-2-19(30)29(18)27-21(12)28-5-3-17-15(11-28)7-13(9-25-17)14-8-16(22)20(23)26-10-14/h2,4,6-10H,3,5,11H2,1H3. The van der Waals surface area contributed by atoms with Crippen LogP contribution in [0.5, 0.6) is 0 Å². The molecule has 5 heterocycles. The van der Waals surface area contributed by atoms with Crippen LogP contribution in [0.25, 0.3) is 16.8 Å². The largest absolute Gasteiger partial charge is 0.350 e. The molecule has 0 aromatic carbocycles. The van der Waals surface area contributed by atoms with Crippen LogP contribution < -0.4 is 10.5 Å². The van der Waals surface area contributed by atoms with Crippen molar-refractivity contribution in [3.63, 3.8) is 0 Å². The lowest BCUT2D eigenvalue weighted by atomic mass is 10.0. The highest BCUT2D eigenvalue weighted by Gasteiger charge is 2.21. The molecule has 0 amide bonds. The highest BCUT2D eigenvalue weighted by atomic mass is 35.5. The zero-order chi connectivity index (χ0) is 20.8. The lowest BCUT2D eigenvalue weighted by molar-refractivity contribution is 0.584. The molecule has 9 heteroatoms. The maximum Gasteiger partial charge on any atom is 0.274 e. The van der Waals surface area contributed by atoms with E-state index in [2.05, 4.69) is 25.0 Å². The highest BCUT2D eigenvalue weighted by molar-refractivity contribution is 6.30. The van der Waals surface area contributed by atoms with Gasteiger partial charge in [-0.3, -0.25) is 9.78 Å². The Hall–Kier alpha value is -3.39. The number of hydrogen-bond acceptors (Lipinski definition) is 6. The lowest BCUT2D eigenvalue weighted by Crippen LogP contribution is -2.33. The summed E-state index contributed by atoms with van der Waals surface area (Å²) in [6.07, 6.45) is 5.43. The van der Waals surface area contributed by atoms with Crippen LogP contribution in [-0.2, 0) is 13.0 Å². The van der Waals surface area contributed by atoms with Crippen molar-refractivity contribution in [2.75, 3.05) is 11.4 Å². The summed E-state index contributed by atoms with van der Waals surface area (Å²) >= 11 is 5.88. The van der Waals surface area contributed by atoms with E-state index < -0.39 is 5.95 Å². The molecule has 0 N–H and O–H groups in total. The normalized spacial score (nSPS) is 13.5. The Kier molecular flexibility index (Phi) is 4.43. The Balaban J connectivity index is 1.52. The first-order valence-corrected chi connectivity index (χ1v) is 9.77. The summed E-state index contributed by atoms with van der Waals surface area (Å²) in [5.41, 5.74) is 4.80. The molecule has 0 fully saturated rings. The highest BCUT2D eigenvalue weighted by Crippen LogP contribution is 2.29. The van der Waals surface area contributed by atoms with E-state index in [0.717, 1.165) is 41.2 Å². The molecule has 0 saturated carbocycles. The predicted octanol–water partition coefficient (Wildman–Crippen LogP) is 3.21. The Morgan fingerprint density at radius 2 is 1.90 bits per heavy atom. The summed E-state index contributed by atoms with van der Waals surface area (Å²) in [6.45, 7) is 3.28. The molecule has 0 spiro atoms. The van der Waals surface area contributed by atoms with Crippen molar-refractivity contribution in [3.8, 4) is 11.1 Å². The van der Waals surface area contributed by atoms with Gasteiger partial charge in [0.05, 0.1) is 5.02 Å². The topological polar surface area (TPSA) is 76.3 Å². The van der Waals surface area contributed by atoms with Crippen LogP contribution >= 0.6 is 11.6 Å². The zero-order valence-corrected chi connectivity index (χ0v) is 16.8. The Bertz CT molecular complexity index is 1360. The van der Waals surface area contributed by atoms with Crippen molar-refractivity contribution in [3.05, 3.63) is 81.0 Å². The van der Waals surface area contributed by atoms with E-state index >= 15 is 0 Å². The molecule has 1 aliphatic heterocycles. The Labute approximate surface area is 175 Å². The van der Waals surface area contributed by atoms with Gasteiger partial charge in [-0.25, -0.2) is 9.97 Å². The summed E-state index contributed by atoms with van der Waals surface area (Å²) < 4.78 is 14.7. The van der Waals surface area contributed by atoms with E-state index in [1.165, 1.54) is 23.0 Å². The van der Waals surface area contributed by atoms with Crippen LogP contribution in [0.15, 0.2) is 47.7 Å². The number of fused-ring (bicyclic) bond motifs is 2. The molecule has 0 atom stereocenters. The van der Waals surface area contributed by atoms with Crippen molar-refractivity contribution < 1.29 is 4.39 Å². The number of aryl methyl sites for hydroxylation is 1. The second-order valence-electron chi connectivity index (χ2n) is 7.20. The van der Waals surface area contributed by atoms with Gasteiger partial charge in [0.2, 0.25) is 5.95 Å². The fourth-order valence-corrected chi connectivity index (χ4v) is 3.87. The van der Waals surface area contributed by atoms with Gasteiger partial charge in [0.15, 0.2) is 11.5 Å². The number of pyridine rings is 2. The van der Waals surface area contributed by atoms with Gasteiger partial charge in [0, 0.05) is 61.0 Å². The molecule has 0 bridgehead atoms. The molecule has 150 valence electrons. The van der Waals surface area contributed by atoms with Crippen LogP contribution in [0, 0.1) is 12.9 Å². The van der Waals surface area contributed by atoms with E-state index in [-0.39, 0.29) is 10.6 Å². The summed E-state index contributed by atoms with van der Waals surface area (Å²) in [5.74, 6) is 0.0419. The summed E-state index contributed by atoms with van der Waals surface area (Å²) in [5, 5.41) is 4.52. The molecule has 7 nitrogen and oxygen atoms in total. The average Bonchev–Trinajstić information content (AvgIpc) is 2.75. The minimum atomic E-state index is -0.694. The van der Waals surface area contributed by atoms with E-state index in [9.17, 15) is 9.18 Å². The van der Waals surface area contributed by atoms with Crippen LogP contribution in [0.1, 0.15) is 16.8 Å². The fraction of sp³-hybridized carbons (Fsp3) is 0.190. The molecule has 4 aromatic heterocycles. The molecule has 0 aliphatic carbocycles. The van der Waals surface area contributed by atoms with Gasteiger partial charge in [-0.2, -0.15) is 8.91 Å². The van der Waals surface area contributed by atoms with Gasteiger partial charge >= 0.3 is 0 Å². The molecule has 0 saturated heterocycles. The number of rotatable bonds is 2. The fourth-order valence-electron chi connectivity index (χ4n) is 3.70. The van der Waals surface area contributed by atoms with Crippen molar-refractivity contribution in [1.29, 1.82) is 0 Å². The third-order valence-corrected chi connectivity index (χ3v) is 5.48. The monoisotopic (exact) mass is 422 g/mol. The second kappa shape index (κ2) is 7.14. The quantitative estimate of drug-likeness (QED) is 0.462. The molecular weight excluding hydrogens is 407 g/mol. The number of hydrogen-bond donors (Lipinski definition) is 0. The third kappa shape index (κ3) is 3.19. The molecule has 1 aliphatic rings. The van der Waals surface area contributed by atoms with Crippen LogP contribution in [0.2, 0.25) is 5.02 Å². The third-order valence-electron chi connectivity index (χ3n) is 5.21. The van der Waals surface area contributed by atoms with Gasteiger partial charge in [-0.1, -0.05) is 11.6 Å². The van der Waals surface area contributed by atoms with Gasteiger partial charge in [-0.05, 0) is 36.2 Å². The SMILES string of the molecule is Cc1cc2nccc(=O)n2nc1N1CCc2ncc(-c3cnc(F)c(Cl)c3)cc2C1. The zero-order valence-electron chi connectivity index (χ0n) is 16.0. The van der Waals surface area contributed by atoms with Crippen LogP contribution in [-0.4, -0.2) is 31.1 Å². The maximum atomic E-state index is 13.4. The van der Waals surface area contributed by atoms with E-state index in [1.54, 1.807) is 12.3 Å². The summed E-state index contributed by atoms with van der Waals surface area (Å²) in [7, 11) is 0. The molecule has 4 aromatic rings. The van der Waals surface area contributed by atoms with Gasteiger partial charge in [0.25, 0.3) is 5.56 Å². The van der Waals surface area contributed by atoms with E-state index in [1.807, 2.05) is 19.1 Å². The minimum Gasteiger partial charge on any atom is -0.350 e. The van der Waals surface area contributed by atoms with Crippen molar-refractivity contribution >= 4 is 23.1 Å². The minimum absolute atomic E-state index is 0.0260. The van der Waals surface area contributed by atoms with Crippen molar-refractivity contribution in [2.45, 2.75) is 19.9 Å². The maximum absolute atomic E-state index is 13.4. The van der Waals surface area contributed by atoms with Crippen molar-refractivity contribution in [2.24, 2.45) is 0 Å². The second-order valence-corrected chi connectivity index (χ2v) is 7.61. The number of nitrogens with zero attached hydrogens (tertiary/aromatic N) is 6. The molecule has 0 unspecified atom stereocenters. The number of anilines is 1. The number of halogens is 2. The summed E-state index contributed by atoms with van der Waals surface area (Å²) in [6, 6.07) is 6.81. The van der Waals surface area contributed by atoms with Crippen molar-refractivity contribution in [1.82, 2.24) is 24.6 Å². The first-order chi connectivity index (χ1) is 14.5. The molecule has 0 radical (unpaired) electrons. The Morgan fingerprint density at radius 1 is 1.10 bits per heavy atom. The molecule has 5 rings (SSSR count). The lowest BCUT2D eigenvalue weighted by Gasteiger charge is -2.30. The summed E-state index contributed by atoms with van der Waals surface area (Å²) in [4.78, 5) is 26.8.